The first-order valence-electron chi connectivity index (χ1n) is 7.67. The number of phenols is 1. The third kappa shape index (κ3) is 3.22. The fourth-order valence-corrected chi connectivity index (χ4v) is 3.48. The Hall–Kier alpha value is -1.56. The molecule has 1 aliphatic rings. The largest absolute Gasteiger partial charge is 0.506 e. The van der Waals surface area contributed by atoms with E-state index >= 15 is 0 Å². The van der Waals surface area contributed by atoms with Crippen molar-refractivity contribution in [3.05, 3.63) is 38.7 Å². The number of morpholine rings is 1. The second-order valence-corrected chi connectivity index (χ2v) is 6.67. The Bertz CT molecular complexity index is 791. The van der Waals surface area contributed by atoms with E-state index in [9.17, 15) is 9.90 Å². The first-order valence-corrected chi connectivity index (χ1v) is 8.05. The first-order chi connectivity index (χ1) is 10.8. The Morgan fingerprint density at radius 2 is 1.96 bits per heavy atom. The van der Waals surface area contributed by atoms with Crippen LogP contribution in [-0.2, 0) is 11.3 Å². The molecule has 0 aliphatic carbocycles. The minimum atomic E-state index is -0.429. The standard InChI is InChI=1S/C17H20ClNO4/c1-9-4-15(20)23-17-12(9)5-14(18)16(21)13(17)8-19-6-10(2)22-11(3)7-19/h4-5,10-11,21H,6-8H2,1-3H3/t10-,11+. The van der Waals surface area contributed by atoms with E-state index in [-0.39, 0.29) is 23.0 Å². The number of ether oxygens (including phenoxy) is 1. The number of phenolic OH excluding ortho intramolecular Hbond substituents is 1. The van der Waals surface area contributed by atoms with Gasteiger partial charge in [0.15, 0.2) is 0 Å². The molecule has 0 radical (unpaired) electrons. The maximum absolute atomic E-state index is 11.7. The van der Waals surface area contributed by atoms with Gasteiger partial charge in [0.25, 0.3) is 0 Å². The average molecular weight is 338 g/mol. The Labute approximate surface area is 139 Å². The molecular weight excluding hydrogens is 318 g/mol. The number of nitrogens with zero attached hydrogens (tertiary/aromatic N) is 1. The molecule has 5 nitrogen and oxygen atoms in total. The SMILES string of the molecule is Cc1cc(=O)oc2c(CN3C[C@@H](C)O[C@@H](C)C3)c(O)c(Cl)cc12. The molecule has 1 aliphatic heterocycles. The second kappa shape index (κ2) is 6.15. The van der Waals surface area contributed by atoms with E-state index in [1.807, 2.05) is 20.8 Å². The molecule has 2 heterocycles. The topological polar surface area (TPSA) is 62.9 Å². The Balaban J connectivity index is 2.09. The summed E-state index contributed by atoms with van der Waals surface area (Å²) in [6.45, 7) is 7.80. The van der Waals surface area contributed by atoms with Crippen molar-refractivity contribution in [1.29, 1.82) is 0 Å². The summed E-state index contributed by atoms with van der Waals surface area (Å²) >= 11 is 6.17. The molecule has 3 rings (SSSR count). The van der Waals surface area contributed by atoms with Crippen molar-refractivity contribution < 1.29 is 14.3 Å². The van der Waals surface area contributed by atoms with Gasteiger partial charge in [0.1, 0.15) is 11.3 Å². The normalized spacial score (nSPS) is 22.6. The zero-order valence-corrected chi connectivity index (χ0v) is 14.2. The van der Waals surface area contributed by atoms with Crippen LogP contribution in [0.5, 0.6) is 5.75 Å². The average Bonchev–Trinajstić information content (AvgIpc) is 2.44. The van der Waals surface area contributed by atoms with Crippen molar-refractivity contribution in [2.24, 2.45) is 0 Å². The Kier molecular flexibility index (Phi) is 4.36. The fraction of sp³-hybridized carbons (Fsp3) is 0.471. The molecule has 1 fully saturated rings. The van der Waals surface area contributed by atoms with E-state index < -0.39 is 5.63 Å². The minimum absolute atomic E-state index is 0.0280. The summed E-state index contributed by atoms with van der Waals surface area (Å²) in [4.78, 5) is 13.9. The third-order valence-electron chi connectivity index (χ3n) is 4.14. The molecule has 0 amide bonds. The molecule has 124 valence electrons. The van der Waals surface area contributed by atoms with Gasteiger partial charge in [-0.05, 0) is 32.4 Å². The van der Waals surface area contributed by atoms with Gasteiger partial charge in [-0.2, -0.15) is 0 Å². The van der Waals surface area contributed by atoms with Gasteiger partial charge in [-0.3, -0.25) is 4.90 Å². The molecule has 0 unspecified atom stereocenters. The molecule has 1 aromatic heterocycles. The minimum Gasteiger partial charge on any atom is -0.506 e. The maximum Gasteiger partial charge on any atom is 0.336 e. The van der Waals surface area contributed by atoms with Gasteiger partial charge in [-0.15, -0.1) is 0 Å². The van der Waals surface area contributed by atoms with Crippen molar-refractivity contribution >= 4 is 22.6 Å². The van der Waals surface area contributed by atoms with Crippen molar-refractivity contribution in [3.8, 4) is 5.75 Å². The molecule has 1 saturated heterocycles. The Morgan fingerprint density at radius 3 is 2.61 bits per heavy atom. The number of hydrogen-bond donors (Lipinski definition) is 1. The van der Waals surface area contributed by atoms with Crippen LogP contribution >= 0.6 is 11.6 Å². The molecule has 0 bridgehead atoms. The van der Waals surface area contributed by atoms with Gasteiger partial charge in [-0.1, -0.05) is 11.6 Å². The molecule has 1 N–H and O–H groups in total. The maximum atomic E-state index is 11.7. The van der Waals surface area contributed by atoms with Gasteiger partial charge < -0.3 is 14.3 Å². The lowest BCUT2D eigenvalue weighted by Gasteiger charge is -2.35. The zero-order valence-electron chi connectivity index (χ0n) is 13.4. The number of hydrogen-bond acceptors (Lipinski definition) is 5. The van der Waals surface area contributed by atoms with Crippen LogP contribution < -0.4 is 5.63 Å². The van der Waals surface area contributed by atoms with E-state index in [1.54, 1.807) is 6.07 Å². The smallest absolute Gasteiger partial charge is 0.336 e. The zero-order chi connectivity index (χ0) is 16.7. The van der Waals surface area contributed by atoms with Crippen LogP contribution in [0.2, 0.25) is 5.02 Å². The van der Waals surface area contributed by atoms with E-state index in [2.05, 4.69) is 4.90 Å². The lowest BCUT2D eigenvalue weighted by Crippen LogP contribution is -2.44. The van der Waals surface area contributed by atoms with E-state index in [4.69, 9.17) is 20.8 Å². The molecule has 0 saturated carbocycles. The summed E-state index contributed by atoms with van der Waals surface area (Å²) in [6, 6.07) is 3.07. The van der Waals surface area contributed by atoms with Crippen molar-refractivity contribution in [3.63, 3.8) is 0 Å². The lowest BCUT2D eigenvalue weighted by molar-refractivity contribution is -0.0705. The van der Waals surface area contributed by atoms with Gasteiger partial charge in [0.2, 0.25) is 0 Å². The molecule has 23 heavy (non-hydrogen) atoms. The summed E-state index contributed by atoms with van der Waals surface area (Å²) < 4.78 is 11.1. The highest BCUT2D eigenvalue weighted by molar-refractivity contribution is 6.33. The number of aryl methyl sites for hydroxylation is 1. The fourth-order valence-electron chi connectivity index (χ4n) is 3.25. The summed E-state index contributed by atoms with van der Waals surface area (Å²) in [6.07, 6.45) is 0.222. The highest BCUT2D eigenvalue weighted by atomic mass is 35.5. The number of aromatic hydroxyl groups is 1. The molecule has 2 atom stereocenters. The van der Waals surface area contributed by atoms with E-state index in [0.29, 0.717) is 17.7 Å². The van der Waals surface area contributed by atoms with Crippen molar-refractivity contribution in [1.82, 2.24) is 4.90 Å². The van der Waals surface area contributed by atoms with Crippen LogP contribution in [0.4, 0.5) is 0 Å². The predicted molar refractivity (Wildman–Crippen MR) is 89.2 cm³/mol. The van der Waals surface area contributed by atoms with Crippen LogP contribution in [0, 0.1) is 6.92 Å². The first kappa shape index (κ1) is 16.3. The van der Waals surface area contributed by atoms with Crippen LogP contribution in [0.15, 0.2) is 21.3 Å². The number of rotatable bonds is 2. The third-order valence-corrected chi connectivity index (χ3v) is 4.43. The van der Waals surface area contributed by atoms with Crippen molar-refractivity contribution in [2.45, 2.75) is 39.5 Å². The van der Waals surface area contributed by atoms with Gasteiger partial charge >= 0.3 is 5.63 Å². The van der Waals surface area contributed by atoms with Crippen LogP contribution in [-0.4, -0.2) is 35.3 Å². The Morgan fingerprint density at radius 1 is 1.30 bits per heavy atom. The van der Waals surface area contributed by atoms with Crippen LogP contribution in [0.3, 0.4) is 0 Å². The molecule has 2 aromatic rings. The molecule has 0 spiro atoms. The van der Waals surface area contributed by atoms with Gasteiger partial charge in [0.05, 0.1) is 22.8 Å². The monoisotopic (exact) mass is 337 g/mol. The molecule has 6 heteroatoms. The van der Waals surface area contributed by atoms with Crippen LogP contribution in [0.1, 0.15) is 25.0 Å². The molecule has 1 aromatic carbocycles. The van der Waals surface area contributed by atoms with Crippen molar-refractivity contribution in [2.75, 3.05) is 13.1 Å². The summed E-state index contributed by atoms with van der Waals surface area (Å²) in [5.41, 5.74) is 1.31. The summed E-state index contributed by atoms with van der Waals surface area (Å²) in [5, 5.41) is 11.4. The lowest BCUT2D eigenvalue weighted by atomic mass is 10.0. The summed E-state index contributed by atoms with van der Waals surface area (Å²) in [5.74, 6) is -0.0280. The summed E-state index contributed by atoms with van der Waals surface area (Å²) in [7, 11) is 0. The number of benzene rings is 1. The second-order valence-electron chi connectivity index (χ2n) is 6.26. The molecular formula is C17H20ClNO4. The predicted octanol–water partition coefficient (Wildman–Crippen LogP) is 3.07. The van der Waals surface area contributed by atoms with E-state index in [1.165, 1.54) is 6.07 Å². The quantitative estimate of drug-likeness (QED) is 0.853. The number of fused-ring (bicyclic) bond motifs is 1. The van der Waals surface area contributed by atoms with Gasteiger partial charge in [-0.25, -0.2) is 4.79 Å². The van der Waals surface area contributed by atoms with Crippen LogP contribution in [0.25, 0.3) is 11.0 Å². The van der Waals surface area contributed by atoms with Gasteiger partial charge in [0, 0.05) is 31.1 Å². The van der Waals surface area contributed by atoms with E-state index in [0.717, 1.165) is 24.0 Å². The highest BCUT2D eigenvalue weighted by Gasteiger charge is 2.25. The highest BCUT2D eigenvalue weighted by Crippen LogP contribution is 2.36. The number of halogens is 1.